The predicted octanol–water partition coefficient (Wildman–Crippen LogP) is 2.99. The van der Waals surface area contributed by atoms with Gasteiger partial charge < -0.3 is 9.47 Å². The van der Waals surface area contributed by atoms with Crippen molar-refractivity contribution in [3.8, 4) is 11.5 Å². The minimum Gasteiger partial charge on any atom is -0.493 e. The molecular weight excluding hydrogens is 464 g/mol. The maximum Gasteiger partial charge on any atom is 0.289 e. The Balaban J connectivity index is 1.67. The van der Waals surface area contributed by atoms with Crippen LogP contribution >= 0.6 is 11.8 Å². The summed E-state index contributed by atoms with van der Waals surface area (Å²) >= 11 is 0.851. The standard InChI is InChI=1S/C22H20N4O7S/c1-32-18-8-5-14(9-19(18)33-2)17-10-16(13-3-6-15(7-4-13)26(30)31)23-25(17)20(27)11-24-21(28)12-34-22(24)29/h3-9,17H,10-12H2,1-2H3. The number of carbonyl (C=O) groups is 3. The van der Waals surface area contributed by atoms with Crippen molar-refractivity contribution < 1.29 is 28.8 Å². The van der Waals surface area contributed by atoms with Crippen LogP contribution in [0.25, 0.3) is 0 Å². The van der Waals surface area contributed by atoms with Crippen molar-refractivity contribution in [2.24, 2.45) is 5.10 Å². The number of methoxy groups -OCH3 is 2. The number of benzene rings is 2. The lowest BCUT2D eigenvalue weighted by Crippen LogP contribution is -2.40. The van der Waals surface area contributed by atoms with Gasteiger partial charge in [0.2, 0.25) is 5.91 Å². The number of hydrogen-bond donors (Lipinski definition) is 0. The van der Waals surface area contributed by atoms with Gasteiger partial charge in [-0.15, -0.1) is 0 Å². The quantitative estimate of drug-likeness (QED) is 0.433. The van der Waals surface area contributed by atoms with Gasteiger partial charge in [-0.2, -0.15) is 5.10 Å². The fourth-order valence-electron chi connectivity index (χ4n) is 3.75. The zero-order chi connectivity index (χ0) is 24.4. The third-order valence-electron chi connectivity index (χ3n) is 5.50. The van der Waals surface area contributed by atoms with Crippen molar-refractivity contribution in [3.05, 3.63) is 63.7 Å². The van der Waals surface area contributed by atoms with Crippen LogP contribution in [0.15, 0.2) is 47.6 Å². The molecule has 1 fully saturated rings. The van der Waals surface area contributed by atoms with Crippen LogP contribution < -0.4 is 9.47 Å². The summed E-state index contributed by atoms with van der Waals surface area (Å²) in [6, 6.07) is 10.6. The first-order valence-corrected chi connectivity index (χ1v) is 11.1. The molecular formula is C22H20N4O7S. The molecule has 0 aromatic heterocycles. The number of nitrogens with zero attached hydrogens (tertiary/aromatic N) is 4. The Hall–Kier alpha value is -3.93. The highest BCUT2D eigenvalue weighted by molar-refractivity contribution is 8.14. The minimum absolute atomic E-state index is 0.00251. The molecule has 176 valence electrons. The number of rotatable bonds is 7. The molecule has 1 atom stereocenters. The van der Waals surface area contributed by atoms with E-state index in [1.54, 1.807) is 30.3 Å². The summed E-state index contributed by atoms with van der Waals surface area (Å²) in [7, 11) is 3.01. The van der Waals surface area contributed by atoms with E-state index >= 15 is 0 Å². The number of amides is 3. The van der Waals surface area contributed by atoms with E-state index in [0.29, 0.717) is 34.8 Å². The second kappa shape index (κ2) is 9.51. The first kappa shape index (κ1) is 23.2. The van der Waals surface area contributed by atoms with E-state index in [9.17, 15) is 24.5 Å². The van der Waals surface area contributed by atoms with Gasteiger partial charge in [-0.05, 0) is 35.4 Å². The zero-order valence-corrected chi connectivity index (χ0v) is 19.1. The third-order valence-corrected chi connectivity index (χ3v) is 6.36. The summed E-state index contributed by atoms with van der Waals surface area (Å²) in [5.41, 5.74) is 1.81. The topological polar surface area (TPSA) is 132 Å². The number of imide groups is 1. The molecule has 0 radical (unpaired) electrons. The van der Waals surface area contributed by atoms with Gasteiger partial charge in [0.25, 0.3) is 16.8 Å². The minimum atomic E-state index is -0.544. The van der Waals surface area contributed by atoms with Gasteiger partial charge in [0.1, 0.15) is 6.54 Å². The molecule has 2 aliphatic rings. The first-order valence-electron chi connectivity index (χ1n) is 10.2. The Morgan fingerprint density at radius 2 is 1.85 bits per heavy atom. The van der Waals surface area contributed by atoms with Gasteiger partial charge in [-0.1, -0.05) is 17.8 Å². The van der Waals surface area contributed by atoms with Crippen molar-refractivity contribution in [2.75, 3.05) is 26.5 Å². The van der Waals surface area contributed by atoms with Crippen LogP contribution in [-0.2, 0) is 9.59 Å². The number of nitro benzene ring substituents is 1. The lowest BCUT2D eigenvalue weighted by atomic mass is 9.98. The van der Waals surface area contributed by atoms with Crippen molar-refractivity contribution in [3.63, 3.8) is 0 Å². The first-order chi connectivity index (χ1) is 16.3. The summed E-state index contributed by atoms with van der Waals surface area (Å²) in [5.74, 6) is 0.0369. The number of hydrogen-bond acceptors (Lipinski definition) is 9. The van der Waals surface area contributed by atoms with Gasteiger partial charge >= 0.3 is 0 Å². The summed E-state index contributed by atoms with van der Waals surface area (Å²) < 4.78 is 10.7. The highest BCUT2D eigenvalue weighted by Crippen LogP contribution is 2.37. The molecule has 2 aliphatic heterocycles. The van der Waals surface area contributed by atoms with Crippen LogP contribution in [0, 0.1) is 10.1 Å². The molecule has 0 aliphatic carbocycles. The van der Waals surface area contributed by atoms with Gasteiger partial charge in [-0.3, -0.25) is 29.4 Å². The van der Waals surface area contributed by atoms with Crippen LogP contribution in [-0.4, -0.2) is 64.1 Å². The fraction of sp³-hybridized carbons (Fsp3) is 0.273. The smallest absolute Gasteiger partial charge is 0.289 e. The monoisotopic (exact) mass is 484 g/mol. The van der Waals surface area contributed by atoms with Crippen LogP contribution in [0.3, 0.4) is 0 Å². The molecule has 0 bridgehead atoms. The average Bonchev–Trinajstić information content (AvgIpc) is 3.43. The number of hydrazone groups is 1. The van der Waals surface area contributed by atoms with E-state index in [1.807, 2.05) is 0 Å². The Morgan fingerprint density at radius 1 is 1.15 bits per heavy atom. The van der Waals surface area contributed by atoms with E-state index in [1.165, 1.54) is 31.4 Å². The fourth-order valence-corrected chi connectivity index (χ4v) is 4.48. The van der Waals surface area contributed by atoms with Gasteiger partial charge in [0, 0.05) is 18.6 Å². The maximum atomic E-state index is 13.2. The second-order valence-corrected chi connectivity index (χ2v) is 8.38. The Bertz CT molecular complexity index is 1180. The Morgan fingerprint density at radius 3 is 2.44 bits per heavy atom. The van der Waals surface area contributed by atoms with E-state index in [0.717, 1.165) is 16.7 Å². The predicted molar refractivity (Wildman–Crippen MR) is 123 cm³/mol. The molecule has 11 nitrogen and oxygen atoms in total. The van der Waals surface area contributed by atoms with E-state index in [2.05, 4.69) is 5.10 Å². The van der Waals surface area contributed by atoms with Crippen molar-refractivity contribution >= 4 is 40.2 Å². The molecule has 34 heavy (non-hydrogen) atoms. The highest BCUT2D eigenvalue weighted by Gasteiger charge is 2.38. The molecule has 0 saturated carbocycles. The number of thioether (sulfide) groups is 1. The average molecular weight is 484 g/mol. The van der Waals surface area contributed by atoms with Crippen LogP contribution in [0.2, 0.25) is 0 Å². The molecule has 1 saturated heterocycles. The van der Waals surface area contributed by atoms with E-state index < -0.39 is 34.6 Å². The zero-order valence-electron chi connectivity index (χ0n) is 18.3. The highest BCUT2D eigenvalue weighted by atomic mass is 32.2. The van der Waals surface area contributed by atoms with Crippen molar-refractivity contribution in [1.82, 2.24) is 9.91 Å². The summed E-state index contributed by atoms with van der Waals surface area (Å²) in [6.07, 6.45) is 0.315. The van der Waals surface area contributed by atoms with E-state index in [-0.39, 0.29) is 11.4 Å². The molecule has 3 amide bonds. The number of non-ortho nitro benzene ring substituents is 1. The normalized spacial score (nSPS) is 17.7. The summed E-state index contributed by atoms with van der Waals surface area (Å²) in [4.78, 5) is 48.6. The molecule has 4 rings (SSSR count). The maximum absolute atomic E-state index is 13.2. The molecule has 2 aromatic rings. The van der Waals surface area contributed by atoms with Gasteiger partial charge in [-0.25, -0.2) is 5.01 Å². The summed E-state index contributed by atoms with van der Waals surface area (Å²) in [5, 5.41) is 16.2. The molecule has 2 aromatic carbocycles. The van der Waals surface area contributed by atoms with Crippen LogP contribution in [0.4, 0.5) is 10.5 Å². The lowest BCUT2D eigenvalue weighted by Gasteiger charge is -2.24. The van der Waals surface area contributed by atoms with Gasteiger partial charge in [0.15, 0.2) is 11.5 Å². The van der Waals surface area contributed by atoms with E-state index in [4.69, 9.17) is 9.47 Å². The SMILES string of the molecule is COc1ccc(C2CC(c3ccc([N+](=O)[O-])cc3)=NN2C(=O)CN2C(=O)CSC2=O)cc1OC. The van der Waals surface area contributed by atoms with Crippen LogP contribution in [0.1, 0.15) is 23.6 Å². The van der Waals surface area contributed by atoms with Crippen LogP contribution in [0.5, 0.6) is 11.5 Å². The molecule has 12 heteroatoms. The lowest BCUT2D eigenvalue weighted by molar-refractivity contribution is -0.384. The molecule has 1 unspecified atom stereocenters. The van der Waals surface area contributed by atoms with Crippen molar-refractivity contribution in [1.29, 1.82) is 0 Å². The number of nitro groups is 1. The molecule has 0 spiro atoms. The van der Waals surface area contributed by atoms with Crippen molar-refractivity contribution in [2.45, 2.75) is 12.5 Å². The Labute approximate surface area is 198 Å². The second-order valence-electron chi connectivity index (χ2n) is 7.46. The third kappa shape index (κ3) is 4.44. The van der Waals surface area contributed by atoms with Gasteiger partial charge in [0.05, 0.1) is 36.6 Å². The largest absolute Gasteiger partial charge is 0.493 e. The molecule has 0 N–H and O–H groups in total. The number of ether oxygens (including phenoxy) is 2. The molecule has 2 heterocycles. The Kier molecular flexibility index (Phi) is 6.50. The summed E-state index contributed by atoms with van der Waals surface area (Å²) in [6.45, 7) is -0.425. The number of carbonyl (C=O) groups excluding carboxylic acids is 3.